The number of hydrogen-bond acceptors (Lipinski definition) is 4. The summed E-state index contributed by atoms with van der Waals surface area (Å²) < 4.78 is 53.1. The Labute approximate surface area is 165 Å². The first-order valence-electron chi connectivity index (χ1n) is 8.51. The fourth-order valence-electron chi connectivity index (χ4n) is 3.52. The van der Waals surface area contributed by atoms with Crippen molar-refractivity contribution in [3.05, 3.63) is 40.9 Å². The number of aromatic amines is 1. The molecule has 0 saturated heterocycles. The minimum absolute atomic E-state index is 0.0713. The number of nitrogens with one attached hydrogen (secondary N) is 2. The summed E-state index contributed by atoms with van der Waals surface area (Å²) in [5, 5.41) is 7.83. The van der Waals surface area contributed by atoms with E-state index in [-0.39, 0.29) is 9.92 Å². The summed E-state index contributed by atoms with van der Waals surface area (Å²) in [4.78, 5) is -0.0713. The molecule has 0 aliphatic heterocycles. The Morgan fingerprint density at radius 2 is 1.93 bits per heavy atom. The first-order chi connectivity index (χ1) is 13.1. The molecule has 1 saturated carbocycles. The van der Waals surface area contributed by atoms with Gasteiger partial charge >= 0.3 is 0 Å². The van der Waals surface area contributed by atoms with Crippen LogP contribution >= 0.6 is 11.6 Å². The van der Waals surface area contributed by atoms with Crippen LogP contribution in [0.2, 0.25) is 5.02 Å². The van der Waals surface area contributed by atoms with Gasteiger partial charge < -0.3 is 5.73 Å². The first-order valence-corrected chi connectivity index (χ1v) is 10.4. The SMILES string of the molecule is Cc1c(-c2ccc(S(=O)(=O)NC3CC(F)(F)C3)cc2Cl)ccc2[nH]nc(N)c12. The van der Waals surface area contributed by atoms with Crippen LogP contribution in [0.4, 0.5) is 14.6 Å². The molecule has 0 atom stereocenters. The van der Waals surface area contributed by atoms with Crippen LogP contribution in [0.3, 0.4) is 0 Å². The molecule has 1 aromatic heterocycles. The van der Waals surface area contributed by atoms with E-state index in [9.17, 15) is 17.2 Å². The number of nitrogens with zero attached hydrogens (tertiary/aromatic N) is 1. The quantitative estimate of drug-likeness (QED) is 0.589. The van der Waals surface area contributed by atoms with E-state index in [2.05, 4.69) is 14.9 Å². The standard InChI is InChI=1S/C18H17ClF2N4O2S/c1-9-12(4-5-15-16(9)17(22)24-23-15)13-3-2-11(6-14(13)19)28(26,27)25-10-7-18(20,21)8-10/h2-6,10,25H,7-8H2,1H3,(H3,22,23,24). The smallest absolute Gasteiger partial charge is 0.251 e. The lowest BCUT2D eigenvalue weighted by atomic mass is 9.89. The number of aromatic nitrogens is 2. The molecule has 4 N–H and O–H groups in total. The lowest BCUT2D eigenvalue weighted by Crippen LogP contribution is -2.50. The second-order valence-corrected chi connectivity index (χ2v) is 9.11. The number of alkyl halides is 2. The van der Waals surface area contributed by atoms with Crippen LogP contribution in [0.5, 0.6) is 0 Å². The molecule has 0 unspecified atom stereocenters. The van der Waals surface area contributed by atoms with Crippen molar-refractivity contribution in [3.63, 3.8) is 0 Å². The Morgan fingerprint density at radius 3 is 2.57 bits per heavy atom. The average Bonchev–Trinajstić information content (AvgIpc) is 2.95. The van der Waals surface area contributed by atoms with Crippen LogP contribution in [0.1, 0.15) is 18.4 Å². The van der Waals surface area contributed by atoms with E-state index in [1.54, 1.807) is 6.07 Å². The molecule has 3 aromatic rings. The van der Waals surface area contributed by atoms with E-state index in [0.717, 1.165) is 22.0 Å². The monoisotopic (exact) mass is 426 g/mol. The van der Waals surface area contributed by atoms with E-state index in [1.165, 1.54) is 12.1 Å². The molecule has 6 nitrogen and oxygen atoms in total. The third kappa shape index (κ3) is 3.23. The van der Waals surface area contributed by atoms with Gasteiger partial charge in [0, 0.05) is 34.9 Å². The fraction of sp³-hybridized carbons (Fsp3) is 0.278. The van der Waals surface area contributed by atoms with Crippen LogP contribution in [0.25, 0.3) is 22.0 Å². The molecule has 1 aliphatic rings. The summed E-state index contributed by atoms with van der Waals surface area (Å²) in [5.41, 5.74) is 8.98. The number of rotatable bonds is 4. The molecule has 2 aromatic carbocycles. The third-order valence-corrected chi connectivity index (χ3v) is 6.80. The molecule has 0 bridgehead atoms. The average molecular weight is 427 g/mol. The highest BCUT2D eigenvalue weighted by Gasteiger charge is 2.46. The van der Waals surface area contributed by atoms with Crippen LogP contribution in [-0.4, -0.2) is 30.6 Å². The predicted octanol–water partition coefficient (Wildman–Crippen LogP) is 3.85. The number of halogens is 3. The van der Waals surface area contributed by atoms with E-state index in [4.69, 9.17) is 17.3 Å². The summed E-state index contributed by atoms with van der Waals surface area (Å²) in [6.45, 7) is 1.88. The Balaban J connectivity index is 1.67. The van der Waals surface area contributed by atoms with Crippen LogP contribution < -0.4 is 10.5 Å². The van der Waals surface area contributed by atoms with Gasteiger partial charge in [0.05, 0.1) is 10.4 Å². The third-order valence-electron chi connectivity index (χ3n) is 4.97. The number of nitrogen functional groups attached to an aromatic ring is 1. The highest BCUT2D eigenvalue weighted by molar-refractivity contribution is 7.89. The maximum absolute atomic E-state index is 13.0. The second kappa shape index (κ2) is 6.40. The molecule has 1 fully saturated rings. The molecule has 0 spiro atoms. The highest BCUT2D eigenvalue weighted by Crippen LogP contribution is 2.39. The van der Waals surface area contributed by atoms with Crippen molar-refractivity contribution in [3.8, 4) is 11.1 Å². The number of H-pyrrole nitrogens is 1. The largest absolute Gasteiger partial charge is 0.382 e. The van der Waals surface area contributed by atoms with Gasteiger partial charge in [0.1, 0.15) is 0 Å². The number of hydrogen-bond donors (Lipinski definition) is 3. The highest BCUT2D eigenvalue weighted by atomic mass is 35.5. The van der Waals surface area contributed by atoms with Crippen molar-refractivity contribution in [2.24, 2.45) is 0 Å². The van der Waals surface area contributed by atoms with Gasteiger partial charge in [-0.25, -0.2) is 21.9 Å². The molecule has 4 rings (SSSR count). The number of fused-ring (bicyclic) bond motifs is 1. The zero-order valence-corrected chi connectivity index (χ0v) is 16.3. The van der Waals surface area contributed by atoms with Gasteiger partial charge in [-0.2, -0.15) is 5.10 Å². The summed E-state index contributed by atoms with van der Waals surface area (Å²) in [6, 6.07) is 7.21. The van der Waals surface area contributed by atoms with Crippen molar-refractivity contribution in [2.45, 2.75) is 36.6 Å². The van der Waals surface area contributed by atoms with Gasteiger partial charge in [-0.3, -0.25) is 5.10 Å². The molecule has 28 heavy (non-hydrogen) atoms. The Hall–Kier alpha value is -2.23. The Kier molecular flexibility index (Phi) is 4.36. The van der Waals surface area contributed by atoms with Gasteiger partial charge in [-0.05, 0) is 36.2 Å². The summed E-state index contributed by atoms with van der Waals surface area (Å²) >= 11 is 6.37. The lowest BCUT2D eigenvalue weighted by molar-refractivity contribution is -0.0876. The zero-order valence-electron chi connectivity index (χ0n) is 14.8. The molecule has 1 heterocycles. The van der Waals surface area contributed by atoms with Crippen molar-refractivity contribution in [1.82, 2.24) is 14.9 Å². The number of anilines is 1. The minimum Gasteiger partial charge on any atom is -0.382 e. The Morgan fingerprint density at radius 1 is 1.25 bits per heavy atom. The number of nitrogens with two attached hydrogens (primary N) is 1. The minimum atomic E-state index is -3.94. The van der Waals surface area contributed by atoms with Crippen molar-refractivity contribution in [1.29, 1.82) is 0 Å². The fourth-order valence-corrected chi connectivity index (χ4v) is 5.13. The topological polar surface area (TPSA) is 101 Å². The lowest BCUT2D eigenvalue weighted by Gasteiger charge is -2.34. The number of aryl methyl sites for hydroxylation is 1. The maximum Gasteiger partial charge on any atom is 0.251 e. The van der Waals surface area contributed by atoms with Crippen molar-refractivity contribution >= 4 is 38.3 Å². The number of sulfonamides is 1. The van der Waals surface area contributed by atoms with E-state index in [1.807, 2.05) is 19.1 Å². The van der Waals surface area contributed by atoms with E-state index in [0.29, 0.717) is 11.4 Å². The van der Waals surface area contributed by atoms with Crippen LogP contribution in [0, 0.1) is 6.92 Å². The summed E-state index contributed by atoms with van der Waals surface area (Å²) in [5.74, 6) is -2.44. The zero-order chi connectivity index (χ0) is 20.3. The molecular formula is C18H17ClF2N4O2S. The van der Waals surface area contributed by atoms with Gasteiger partial charge in [-0.15, -0.1) is 0 Å². The van der Waals surface area contributed by atoms with Gasteiger partial charge in [0.25, 0.3) is 5.92 Å². The molecule has 1 aliphatic carbocycles. The molecule has 0 radical (unpaired) electrons. The van der Waals surface area contributed by atoms with Crippen molar-refractivity contribution < 1.29 is 17.2 Å². The summed E-state index contributed by atoms with van der Waals surface area (Å²) in [6.07, 6.45) is -0.993. The molecule has 148 valence electrons. The van der Waals surface area contributed by atoms with E-state index < -0.39 is 34.8 Å². The van der Waals surface area contributed by atoms with Gasteiger partial charge in [0.15, 0.2) is 5.82 Å². The van der Waals surface area contributed by atoms with Crippen LogP contribution in [0.15, 0.2) is 35.2 Å². The maximum atomic E-state index is 13.0. The van der Waals surface area contributed by atoms with Crippen LogP contribution in [-0.2, 0) is 10.0 Å². The molecular weight excluding hydrogens is 410 g/mol. The first kappa shape index (κ1) is 19.1. The molecule has 10 heteroatoms. The van der Waals surface area contributed by atoms with E-state index >= 15 is 0 Å². The second-order valence-electron chi connectivity index (χ2n) is 6.99. The summed E-state index contributed by atoms with van der Waals surface area (Å²) in [7, 11) is -3.94. The molecule has 0 amide bonds. The Bertz CT molecular complexity index is 1190. The van der Waals surface area contributed by atoms with Gasteiger partial charge in [-0.1, -0.05) is 23.7 Å². The normalized spacial score (nSPS) is 17.0. The predicted molar refractivity (Wildman–Crippen MR) is 104 cm³/mol. The van der Waals surface area contributed by atoms with Gasteiger partial charge in [0.2, 0.25) is 10.0 Å². The number of benzene rings is 2. The van der Waals surface area contributed by atoms with Crippen molar-refractivity contribution in [2.75, 3.05) is 5.73 Å².